The molecule has 7 heteroatoms. The Hall–Kier alpha value is -1.96. The van der Waals surface area contributed by atoms with E-state index < -0.39 is 11.9 Å². The molecule has 0 saturated carbocycles. The van der Waals surface area contributed by atoms with Gasteiger partial charge in [0.1, 0.15) is 0 Å². The van der Waals surface area contributed by atoms with Crippen molar-refractivity contribution in [3.63, 3.8) is 0 Å². The molecule has 0 spiro atoms. The standard InChI is InChI=1S/C18H20O6S/c1-11-15(20)9-16(21)14(10-24-7-6-19)17(11)25-13-5-3-4-12(8-13)18(22)23-2/h3-5,8,14,19H,6-7,9-10H2,1-2H3. The van der Waals surface area contributed by atoms with Crippen LogP contribution in [0.4, 0.5) is 0 Å². The number of ether oxygens (including phenoxy) is 2. The lowest BCUT2D eigenvalue weighted by molar-refractivity contribution is -0.129. The van der Waals surface area contributed by atoms with Crippen molar-refractivity contribution in [3.05, 3.63) is 40.3 Å². The molecular formula is C18H20O6S. The summed E-state index contributed by atoms with van der Waals surface area (Å²) in [5, 5.41) is 8.84. The van der Waals surface area contributed by atoms with Gasteiger partial charge in [-0.3, -0.25) is 9.59 Å². The number of carbonyl (C=O) groups is 3. The van der Waals surface area contributed by atoms with Crippen LogP contribution in [0, 0.1) is 5.92 Å². The highest BCUT2D eigenvalue weighted by molar-refractivity contribution is 8.03. The third-order valence-corrected chi connectivity index (χ3v) is 5.13. The van der Waals surface area contributed by atoms with E-state index in [-0.39, 0.29) is 37.8 Å². The van der Waals surface area contributed by atoms with Crippen LogP contribution in [0.5, 0.6) is 0 Å². The minimum Gasteiger partial charge on any atom is -0.465 e. The molecule has 0 radical (unpaired) electrons. The van der Waals surface area contributed by atoms with Crippen LogP contribution in [0.2, 0.25) is 0 Å². The first-order chi connectivity index (χ1) is 12.0. The summed E-state index contributed by atoms with van der Waals surface area (Å²) in [6.07, 6.45) is -0.134. The van der Waals surface area contributed by atoms with E-state index in [2.05, 4.69) is 0 Å². The van der Waals surface area contributed by atoms with Crippen LogP contribution < -0.4 is 0 Å². The number of Topliss-reactive ketones (excluding diaryl/α,β-unsaturated/α-hetero) is 2. The highest BCUT2D eigenvalue weighted by Crippen LogP contribution is 2.39. The first-order valence-electron chi connectivity index (χ1n) is 7.79. The van der Waals surface area contributed by atoms with Gasteiger partial charge in [0.05, 0.1) is 44.8 Å². The van der Waals surface area contributed by atoms with Gasteiger partial charge in [0.25, 0.3) is 0 Å². The summed E-state index contributed by atoms with van der Waals surface area (Å²) in [6.45, 7) is 1.81. The average Bonchev–Trinajstić information content (AvgIpc) is 2.61. The zero-order valence-electron chi connectivity index (χ0n) is 14.1. The molecule has 0 aromatic heterocycles. The van der Waals surface area contributed by atoms with Gasteiger partial charge in [0.2, 0.25) is 0 Å². The Morgan fingerprint density at radius 3 is 2.80 bits per heavy atom. The molecule has 1 aromatic rings. The second kappa shape index (κ2) is 8.94. The smallest absolute Gasteiger partial charge is 0.337 e. The number of carbonyl (C=O) groups excluding carboxylic acids is 3. The fraction of sp³-hybridized carbons (Fsp3) is 0.389. The molecule has 2 rings (SSSR count). The molecule has 1 aliphatic rings. The van der Waals surface area contributed by atoms with E-state index in [1.54, 1.807) is 31.2 Å². The van der Waals surface area contributed by atoms with Crippen LogP contribution in [0.3, 0.4) is 0 Å². The molecule has 0 bridgehead atoms. The quantitative estimate of drug-likeness (QED) is 0.450. The van der Waals surface area contributed by atoms with Crippen LogP contribution in [-0.4, -0.2) is 49.6 Å². The van der Waals surface area contributed by atoms with Gasteiger partial charge in [0, 0.05) is 15.4 Å². The summed E-state index contributed by atoms with van der Waals surface area (Å²) in [5.41, 5.74) is 0.929. The van der Waals surface area contributed by atoms with Crippen LogP contribution >= 0.6 is 11.8 Å². The molecule has 25 heavy (non-hydrogen) atoms. The Morgan fingerprint density at radius 2 is 2.12 bits per heavy atom. The van der Waals surface area contributed by atoms with Crippen molar-refractivity contribution < 1.29 is 29.0 Å². The summed E-state index contributed by atoms with van der Waals surface area (Å²) in [5.74, 6) is -1.39. The Morgan fingerprint density at radius 1 is 1.36 bits per heavy atom. The SMILES string of the molecule is COC(=O)c1cccc(SC2=C(C)C(=O)CC(=O)C2COCCO)c1. The molecule has 1 N–H and O–H groups in total. The lowest BCUT2D eigenvalue weighted by Gasteiger charge is -2.25. The Kier molecular flexibility index (Phi) is 6.92. The normalized spacial score (nSPS) is 17.8. The van der Waals surface area contributed by atoms with E-state index in [4.69, 9.17) is 14.6 Å². The average molecular weight is 364 g/mol. The Balaban J connectivity index is 2.29. The summed E-state index contributed by atoms with van der Waals surface area (Å²) >= 11 is 1.28. The number of allylic oxidation sites excluding steroid dienone is 1. The van der Waals surface area contributed by atoms with Crippen LogP contribution in [0.1, 0.15) is 23.7 Å². The van der Waals surface area contributed by atoms with Crippen LogP contribution in [0.25, 0.3) is 0 Å². The van der Waals surface area contributed by atoms with Gasteiger partial charge in [-0.15, -0.1) is 0 Å². The fourth-order valence-electron chi connectivity index (χ4n) is 2.47. The van der Waals surface area contributed by atoms with Crippen molar-refractivity contribution in [1.29, 1.82) is 0 Å². The van der Waals surface area contributed by atoms with Crippen LogP contribution in [-0.2, 0) is 19.1 Å². The minimum absolute atomic E-state index is 0.114. The molecular weight excluding hydrogens is 344 g/mol. The second-order valence-electron chi connectivity index (χ2n) is 5.53. The van der Waals surface area contributed by atoms with Crippen molar-refractivity contribution in [3.8, 4) is 0 Å². The minimum atomic E-state index is -0.545. The molecule has 0 fully saturated rings. The third-order valence-electron chi connectivity index (χ3n) is 3.83. The first-order valence-corrected chi connectivity index (χ1v) is 8.61. The van der Waals surface area contributed by atoms with E-state index in [0.29, 0.717) is 16.0 Å². The molecule has 0 saturated heterocycles. The van der Waals surface area contributed by atoms with Gasteiger partial charge >= 0.3 is 5.97 Å². The van der Waals surface area contributed by atoms with Crippen LogP contribution in [0.15, 0.2) is 39.6 Å². The van der Waals surface area contributed by atoms with Crippen molar-refractivity contribution in [2.45, 2.75) is 18.2 Å². The highest BCUT2D eigenvalue weighted by Gasteiger charge is 2.33. The number of thioether (sulfide) groups is 1. The maximum Gasteiger partial charge on any atom is 0.337 e. The first kappa shape index (κ1) is 19.4. The van der Waals surface area contributed by atoms with Gasteiger partial charge in [-0.2, -0.15) is 0 Å². The van der Waals surface area contributed by atoms with E-state index in [1.807, 2.05) is 0 Å². The number of ketones is 2. The van der Waals surface area contributed by atoms with Gasteiger partial charge in [-0.1, -0.05) is 17.8 Å². The number of hydrogen-bond donors (Lipinski definition) is 1. The monoisotopic (exact) mass is 364 g/mol. The molecule has 0 aliphatic heterocycles. The highest BCUT2D eigenvalue weighted by atomic mass is 32.2. The maximum atomic E-state index is 12.3. The predicted octanol–water partition coefficient (Wildman–Crippen LogP) is 2.01. The summed E-state index contributed by atoms with van der Waals surface area (Å²) < 4.78 is 10.0. The lowest BCUT2D eigenvalue weighted by atomic mass is 9.89. The largest absolute Gasteiger partial charge is 0.465 e. The predicted molar refractivity (Wildman–Crippen MR) is 92.4 cm³/mol. The van der Waals surface area contributed by atoms with E-state index in [1.165, 1.54) is 18.9 Å². The number of benzene rings is 1. The number of aliphatic hydroxyl groups excluding tert-OH is 1. The van der Waals surface area contributed by atoms with Gasteiger partial charge in [0.15, 0.2) is 11.6 Å². The van der Waals surface area contributed by atoms with E-state index in [9.17, 15) is 14.4 Å². The molecule has 0 heterocycles. The Bertz CT molecular complexity index is 709. The van der Waals surface area contributed by atoms with Crippen molar-refractivity contribution in [2.24, 2.45) is 5.92 Å². The van der Waals surface area contributed by atoms with Crippen molar-refractivity contribution in [2.75, 3.05) is 26.9 Å². The van der Waals surface area contributed by atoms with E-state index in [0.717, 1.165) is 4.90 Å². The maximum absolute atomic E-state index is 12.3. The molecule has 6 nitrogen and oxygen atoms in total. The molecule has 1 unspecified atom stereocenters. The van der Waals surface area contributed by atoms with Crippen molar-refractivity contribution >= 4 is 29.3 Å². The topological polar surface area (TPSA) is 89.9 Å². The number of rotatable bonds is 7. The van der Waals surface area contributed by atoms with Gasteiger partial charge in [-0.25, -0.2) is 4.79 Å². The number of esters is 1. The Labute approximate surface area is 150 Å². The number of hydrogen-bond acceptors (Lipinski definition) is 7. The fourth-order valence-corrected chi connectivity index (χ4v) is 3.67. The molecule has 0 amide bonds. The summed E-state index contributed by atoms with van der Waals surface area (Å²) in [7, 11) is 1.31. The third kappa shape index (κ3) is 4.78. The number of methoxy groups -OCH3 is 1. The molecule has 1 atom stereocenters. The summed E-state index contributed by atoms with van der Waals surface area (Å²) in [6, 6.07) is 6.81. The molecule has 1 aromatic carbocycles. The zero-order chi connectivity index (χ0) is 18.4. The molecule has 134 valence electrons. The van der Waals surface area contributed by atoms with Gasteiger partial charge < -0.3 is 14.6 Å². The zero-order valence-corrected chi connectivity index (χ0v) is 14.9. The summed E-state index contributed by atoms with van der Waals surface area (Å²) in [4.78, 5) is 37.4. The van der Waals surface area contributed by atoms with Gasteiger partial charge in [-0.05, 0) is 25.1 Å². The lowest BCUT2D eigenvalue weighted by Crippen LogP contribution is -2.30. The van der Waals surface area contributed by atoms with E-state index >= 15 is 0 Å². The number of aliphatic hydroxyl groups is 1. The van der Waals surface area contributed by atoms with Crippen molar-refractivity contribution in [1.82, 2.24) is 0 Å². The second-order valence-corrected chi connectivity index (χ2v) is 6.64. The molecule has 1 aliphatic carbocycles.